The third kappa shape index (κ3) is 5.87. The Morgan fingerprint density at radius 1 is 1.24 bits per heavy atom. The molecule has 0 aromatic rings. The molecule has 0 aromatic heterocycles. The maximum absolute atomic E-state index is 11.9. The first-order valence-corrected chi connectivity index (χ1v) is 10.4. The summed E-state index contributed by atoms with van der Waals surface area (Å²) in [5.41, 5.74) is 0. The van der Waals surface area contributed by atoms with Gasteiger partial charge in [0.05, 0.1) is 11.4 Å². The molecule has 1 aliphatic carbocycles. The molecule has 0 aliphatic heterocycles. The highest BCUT2D eigenvalue weighted by Gasteiger charge is 2.36. The minimum Gasteiger partial charge on any atom is -0.377 e. The predicted octanol–water partition coefficient (Wildman–Crippen LogP) is 2.77. The molecule has 0 saturated heterocycles. The lowest BCUT2D eigenvalue weighted by molar-refractivity contribution is 0.00661. The van der Waals surface area contributed by atoms with E-state index in [0.29, 0.717) is 5.92 Å². The zero-order chi connectivity index (χ0) is 15.9. The van der Waals surface area contributed by atoms with Crippen LogP contribution in [0.25, 0.3) is 0 Å². The lowest BCUT2D eigenvalue weighted by Crippen LogP contribution is -2.49. The van der Waals surface area contributed by atoms with Crippen LogP contribution in [0.15, 0.2) is 0 Å². The first-order valence-electron chi connectivity index (χ1n) is 8.47. The van der Waals surface area contributed by atoms with Gasteiger partial charge in [-0.05, 0) is 45.1 Å². The van der Waals surface area contributed by atoms with Gasteiger partial charge >= 0.3 is 0 Å². The number of hydrogen-bond donors (Lipinski definition) is 1. The molecule has 4 nitrogen and oxygen atoms in total. The fraction of sp³-hybridized carbons (Fsp3) is 1.00. The highest BCUT2D eigenvalue weighted by Crippen LogP contribution is 2.33. The summed E-state index contributed by atoms with van der Waals surface area (Å²) in [6.45, 7) is 7.94. The van der Waals surface area contributed by atoms with E-state index in [1.807, 2.05) is 6.92 Å². The van der Waals surface area contributed by atoms with Crippen molar-refractivity contribution in [3.8, 4) is 0 Å². The second-order valence-electron chi connectivity index (χ2n) is 6.24. The fourth-order valence-corrected chi connectivity index (χ4v) is 4.79. The van der Waals surface area contributed by atoms with E-state index in [1.165, 1.54) is 6.26 Å². The molecule has 21 heavy (non-hydrogen) atoms. The van der Waals surface area contributed by atoms with Gasteiger partial charge in [-0.2, -0.15) is 0 Å². The van der Waals surface area contributed by atoms with Crippen LogP contribution in [-0.4, -0.2) is 45.2 Å². The molecule has 1 rings (SSSR count). The highest BCUT2D eigenvalue weighted by atomic mass is 32.2. The van der Waals surface area contributed by atoms with Gasteiger partial charge in [0.1, 0.15) is 9.84 Å². The van der Waals surface area contributed by atoms with Gasteiger partial charge in [0, 0.05) is 18.9 Å². The number of likely N-dealkylation sites (N-methyl/N-ethyl adjacent to an activating group) is 1. The number of sulfone groups is 1. The van der Waals surface area contributed by atoms with Crippen LogP contribution >= 0.6 is 0 Å². The molecule has 0 heterocycles. The molecule has 1 aliphatic rings. The van der Waals surface area contributed by atoms with Crippen LogP contribution in [0.1, 0.15) is 59.3 Å². The molecule has 5 heteroatoms. The average molecular weight is 320 g/mol. The molecule has 1 fully saturated rings. The largest absolute Gasteiger partial charge is 0.377 e. The second kappa shape index (κ2) is 9.11. The minimum atomic E-state index is -2.93. The zero-order valence-electron chi connectivity index (χ0n) is 14.1. The van der Waals surface area contributed by atoms with Gasteiger partial charge in [-0.1, -0.05) is 26.7 Å². The van der Waals surface area contributed by atoms with Crippen LogP contribution < -0.4 is 5.32 Å². The van der Waals surface area contributed by atoms with Crippen LogP contribution in [-0.2, 0) is 14.6 Å². The smallest absolute Gasteiger partial charge is 0.150 e. The van der Waals surface area contributed by atoms with Crippen molar-refractivity contribution in [2.24, 2.45) is 5.92 Å². The number of ether oxygens (including phenoxy) is 1. The van der Waals surface area contributed by atoms with Gasteiger partial charge < -0.3 is 10.1 Å². The maximum Gasteiger partial charge on any atom is 0.150 e. The van der Waals surface area contributed by atoms with E-state index in [2.05, 4.69) is 19.2 Å². The highest BCUT2D eigenvalue weighted by molar-refractivity contribution is 7.91. The number of rotatable bonds is 9. The summed E-state index contributed by atoms with van der Waals surface area (Å²) >= 11 is 0. The van der Waals surface area contributed by atoms with E-state index >= 15 is 0 Å². The van der Waals surface area contributed by atoms with Crippen molar-refractivity contribution in [3.63, 3.8) is 0 Å². The molecule has 4 atom stereocenters. The summed E-state index contributed by atoms with van der Waals surface area (Å²) in [7, 11) is -2.93. The van der Waals surface area contributed by atoms with Crippen LogP contribution in [0.5, 0.6) is 0 Å². The SMILES string of the molecule is CCCC(OCC)C(NCC)C1CCCC(S(C)(=O)=O)C1. The monoisotopic (exact) mass is 319 g/mol. The quantitative estimate of drug-likeness (QED) is 0.710. The molecular weight excluding hydrogens is 286 g/mol. The van der Waals surface area contributed by atoms with Gasteiger partial charge in [-0.15, -0.1) is 0 Å². The molecule has 126 valence electrons. The van der Waals surface area contributed by atoms with Crippen molar-refractivity contribution in [2.75, 3.05) is 19.4 Å². The van der Waals surface area contributed by atoms with Gasteiger partial charge in [-0.25, -0.2) is 8.42 Å². The van der Waals surface area contributed by atoms with Crippen molar-refractivity contribution >= 4 is 9.84 Å². The molecular formula is C16H33NO3S. The van der Waals surface area contributed by atoms with E-state index in [4.69, 9.17) is 4.74 Å². The zero-order valence-corrected chi connectivity index (χ0v) is 14.9. The lowest BCUT2D eigenvalue weighted by Gasteiger charge is -2.38. The Hall–Kier alpha value is -0.130. The molecule has 4 unspecified atom stereocenters. The first-order chi connectivity index (χ1) is 9.93. The van der Waals surface area contributed by atoms with E-state index < -0.39 is 9.84 Å². The number of nitrogens with one attached hydrogen (secondary N) is 1. The standard InChI is InChI=1S/C16H33NO3S/c1-5-9-15(20-7-3)16(17-6-2)13-10-8-11-14(12-13)21(4,18)19/h13-17H,5-12H2,1-4H3. The molecule has 1 saturated carbocycles. The molecule has 0 spiro atoms. The van der Waals surface area contributed by atoms with Gasteiger partial charge in [-0.3, -0.25) is 0 Å². The molecule has 0 amide bonds. The topological polar surface area (TPSA) is 55.4 Å². The summed E-state index contributed by atoms with van der Waals surface area (Å²) in [6, 6.07) is 0.277. The van der Waals surface area contributed by atoms with Gasteiger partial charge in [0.15, 0.2) is 0 Å². The van der Waals surface area contributed by atoms with E-state index in [9.17, 15) is 8.42 Å². The van der Waals surface area contributed by atoms with Gasteiger partial charge in [0.2, 0.25) is 0 Å². The van der Waals surface area contributed by atoms with Crippen LogP contribution in [0, 0.1) is 5.92 Å². The summed E-state index contributed by atoms with van der Waals surface area (Å²) < 4.78 is 29.7. The Morgan fingerprint density at radius 2 is 1.95 bits per heavy atom. The maximum atomic E-state index is 11.9. The average Bonchev–Trinajstić information content (AvgIpc) is 2.44. The Kier molecular flexibility index (Phi) is 8.21. The first kappa shape index (κ1) is 18.9. The van der Waals surface area contributed by atoms with E-state index in [0.717, 1.165) is 51.7 Å². The Labute approximate surface area is 130 Å². The Morgan fingerprint density at radius 3 is 2.48 bits per heavy atom. The van der Waals surface area contributed by atoms with Crippen molar-refractivity contribution in [2.45, 2.75) is 76.7 Å². The Bertz CT molecular complexity index is 377. The molecule has 1 N–H and O–H groups in total. The van der Waals surface area contributed by atoms with Crippen molar-refractivity contribution in [3.05, 3.63) is 0 Å². The predicted molar refractivity (Wildman–Crippen MR) is 88.4 cm³/mol. The van der Waals surface area contributed by atoms with E-state index in [-0.39, 0.29) is 17.4 Å². The molecule has 0 aromatic carbocycles. The van der Waals surface area contributed by atoms with Crippen LogP contribution in [0.3, 0.4) is 0 Å². The van der Waals surface area contributed by atoms with Gasteiger partial charge in [0.25, 0.3) is 0 Å². The summed E-state index contributed by atoms with van der Waals surface area (Å²) in [4.78, 5) is 0. The number of hydrogen-bond acceptors (Lipinski definition) is 4. The third-order valence-corrected chi connectivity index (χ3v) is 6.21. The Balaban J connectivity index is 2.82. The van der Waals surface area contributed by atoms with Crippen molar-refractivity contribution < 1.29 is 13.2 Å². The van der Waals surface area contributed by atoms with Crippen LogP contribution in [0.2, 0.25) is 0 Å². The summed E-state index contributed by atoms with van der Waals surface area (Å²) in [6.07, 6.45) is 7.43. The summed E-state index contributed by atoms with van der Waals surface area (Å²) in [5, 5.41) is 3.41. The third-order valence-electron chi connectivity index (χ3n) is 4.57. The van der Waals surface area contributed by atoms with Crippen molar-refractivity contribution in [1.29, 1.82) is 0 Å². The molecule has 0 radical (unpaired) electrons. The van der Waals surface area contributed by atoms with Crippen LogP contribution in [0.4, 0.5) is 0 Å². The second-order valence-corrected chi connectivity index (χ2v) is 8.57. The fourth-order valence-electron chi connectivity index (χ4n) is 3.60. The van der Waals surface area contributed by atoms with Crippen molar-refractivity contribution in [1.82, 2.24) is 5.32 Å². The molecule has 0 bridgehead atoms. The van der Waals surface area contributed by atoms with E-state index in [1.54, 1.807) is 0 Å². The lowest BCUT2D eigenvalue weighted by atomic mass is 9.80. The normalized spacial score (nSPS) is 26.5. The minimum absolute atomic E-state index is 0.165. The summed E-state index contributed by atoms with van der Waals surface area (Å²) in [5.74, 6) is 0.404.